The van der Waals surface area contributed by atoms with Crippen LogP contribution in [-0.2, 0) is 20.8 Å². The molecule has 17 nitrogen and oxygen atoms in total. The van der Waals surface area contributed by atoms with E-state index in [1.54, 1.807) is 6.33 Å². The van der Waals surface area contributed by atoms with Crippen LogP contribution in [0.2, 0.25) is 0 Å². The summed E-state index contributed by atoms with van der Waals surface area (Å²) in [6, 6.07) is 23.9. The summed E-state index contributed by atoms with van der Waals surface area (Å²) in [7, 11) is 0. The summed E-state index contributed by atoms with van der Waals surface area (Å²) < 4.78 is 3.21. The third kappa shape index (κ3) is 7.88. The Hall–Kier alpha value is -6.75. The molecule has 17 heteroatoms. The van der Waals surface area contributed by atoms with Crippen LogP contribution in [0.15, 0.2) is 90.2 Å². The van der Waals surface area contributed by atoms with E-state index in [1.807, 2.05) is 54.9 Å². The molecule has 4 aliphatic rings. The SMILES string of the molecule is O=C1CC[C@H](n2nnc3ccc(N4CCC(N5CCN(c6ccc(Nc7ncnc8c7ncn8C7CC(NC(=O)Cc8ccccc8)C7)cc6)CC5)CC4)cc3c2=O)C(=O)N1. The van der Waals surface area contributed by atoms with Gasteiger partial charge >= 0.3 is 0 Å². The fourth-order valence-electron chi connectivity index (χ4n) is 9.29. The number of rotatable bonds is 10. The van der Waals surface area contributed by atoms with Crippen LogP contribution in [0.4, 0.5) is 22.9 Å². The first-order valence-corrected chi connectivity index (χ1v) is 21.2. The predicted octanol–water partition coefficient (Wildman–Crippen LogP) is 3.51. The molecule has 4 fully saturated rings. The number of amides is 3. The normalized spacial score (nSPS) is 21.3. The molecular weight excluding hydrogens is 775 g/mol. The van der Waals surface area contributed by atoms with Crippen LogP contribution < -0.4 is 31.3 Å². The monoisotopic (exact) mass is 821 g/mol. The lowest BCUT2D eigenvalue weighted by atomic mass is 9.86. The number of fused-ring (bicyclic) bond motifs is 2. The van der Waals surface area contributed by atoms with Crippen molar-refractivity contribution in [3.8, 4) is 0 Å². The number of carbonyl (C=O) groups excluding carboxylic acids is 3. The maximum atomic E-state index is 13.5. The molecule has 1 atom stereocenters. The van der Waals surface area contributed by atoms with Crippen molar-refractivity contribution < 1.29 is 14.4 Å². The van der Waals surface area contributed by atoms with E-state index in [9.17, 15) is 19.2 Å². The Morgan fingerprint density at radius 1 is 0.787 bits per heavy atom. The minimum absolute atomic E-state index is 0.0457. The fourth-order valence-corrected chi connectivity index (χ4v) is 9.29. The maximum Gasteiger partial charge on any atom is 0.278 e. The Kier molecular flexibility index (Phi) is 10.3. The third-order valence-corrected chi connectivity index (χ3v) is 12.8. The molecule has 0 radical (unpaired) electrons. The van der Waals surface area contributed by atoms with Crippen LogP contribution in [0.25, 0.3) is 22.1 Å². The molecule has 3 aromatic heterocycles. The number of imide groups is 1. The van der Waals surface area contributed by atoms with Gasteiger partial charge in [-0.15, -0.1) is 5.10 Å². The molecule has 1 aliphatic carbocycles. The van der Waals surface area contributed by atoms with Crippen LogP contribution >= 0.6 is 0 Å². The van der Waals surface area contributed by atoms with Crippen LogP contribution in [0, 0.1) is 0 Å². The van der Waals surface area contributed by atoms with Crippen molar-refractivity contribution >= 4 is 62.7 Å². The molecule has 0 unspecified atom stereocenters. The lowest BCUT2D eigenvalue weighted by Crippen LogP contribution is -2.53. The second-order valence-electron chi connectivity index (χ2n) is 16.5. The Morgan fingerprint density at radius 3 is 2.31 bits per heavy atom. The number of benzene rings is 3. The van der Waals surface area contributed by atoms with Gasteiger partial charge in [0.2, 0.25) is 11.8 Å². The molecule has 3 aliphatic heterocycles. The average molecular weight is 822 g/mol. The smallest absolute Gasteiger partial charge is 0.278 e. The van der Waals surface area contributed by atoms with Crippen LogP contribution in [0.3, 0.4) is 0 Å². The van der Waals surface area contributed by atoms with Gasteiger partial charge < -0.3 is 25.0 Å². The van der Waals surface area contributed by atoms with Crippen molar-refractivity contribution in [1.82, 2.24) is 50.0 Å². The molecule has 3 saturated heterocycles. The van der Waals surface area contributed by atoms with Crippen molar-refractivity contribution in [2.45, 2.75) is 69.1 Å². The number of nitrogens with zero attached hydrogens (tertiary/aromatic N) is 10. The maximum absolute atomic E-state index is 13.5. The first-order valence-electron chi connectivity index (χ1n) is 21.2. The van der Waals surface area contributed by atoms with Crippen molar-refractivity contribution in [3.63, 3.8) is 0 Å². The molecule has 6 heterocycles. The van der Waals surface area contributed by atoms with E-state index in [0.29, 0.717) is 34.7 Å². The zero-order chi connectivity index (χ0) is 41.5. The minimum atomic E-state index is -0.848. The first kappa shape index (κ1) is 38.5. The number of imidazole rings is 1. The van der Waals surface area contributed by atoms with E-state index in [1.165, 1.54) is 5.69 Å². The highest BCUT2D eigenvalue weighted by atomic mass is 16.2. The number of anilines is 4. The number of aromatic nitrogens is 7. The molecule has 3 amide bonds. The van der Waals surface area contributed by atoms with E-state index >= 15 is 0 Å². The second kappa shape index (κ2) is 16.4. The van der Waals surface area contributed by atoms with Gasteiger partial charge in [-0.1, -0.05) is 35.5 Å². The zero-order valence-electron chi connectivity index (χ0n) is 33.7. The highest BCUT2D eigenvalue weighted by molar-refractivity contribution is 5.99. The summed E-state index contributed by atoms with van der Waals surface area (Å²) in [5.41, 5.74) is 5.67. The largest absolute Gasteiger partial charge is 0.371 e. The van der Waals surface area contributed by atoms with Crippen LogP contribution in [0.1, 0.15) is 56.2 Å². The molecule has 312 valence electrons. The highest BCUT2D eigenvalue weighted by Crippen LogP contribution is 2.35. The highest BCUT2D eigenvalue weighted by Gasteiger charge is 2.34. The van der Waals surface area contributed by atoms with Gasteiger partial charge in [0.05, 0.1) is 18.1 Å². The summed E-state index contributed by atoms with van der Waals surface area (Å²) in [5, 5.41) is 17.6. The molecule has 0 spiro atoms. The Bertz CT molecular complexity index is 2650. The molecule has 3 N–H and O–H groups in total. The summed E-state index contributed by atoms with van der Waals surface area (Å²) in [4.78, 5) is 71.3. The van der Waals surface area contributed by atoms with E-state index in [2.05, 4.69) is 84.7 Å². The van der Waals surface area contributed by atoms with Gasteiger partial charge in [0, 0.05) is 80.9 Å². The van der Waals surface area contributed by atoms with Gasteiger partial charge in [0.25, 0.3) is 11.5 Å². The zero-order valence-corrected chi connectivity index (χ0v) is 33.7. The summed E-state index contributed by atoms with van der Waals surface area (Å²) in [6.07, 6.45) is 7.88. The molecule has 3 aromatic carbocycles. The quantitative estimate of drug-likeness (QED) is 0.171. The van der Waals surface area contributed by atoms with Gasteiger partial charge in [0.1, 0.15) is 17.9 Å². The predicted molar refractivity (Wildman–Crippen MR) is 230 cm³/mol. The van der Waals surface area contributed by atoms with Gasteiger partial charge in [-0.3, -0.25) is 29.4 Å². The fraction of sp³-hybridized carbons (Fsp3) is 0.386. The molecule has 61 heavy (non-hydrogen) atoms. The molecular formula is C44H47N13O4. The van der Waals surface area contributed by atoms with E-state index in [-0.39, 0.29) is 42.3 Å². The van der Waals surface area contributed by atoms with Crippen molar-refractivity contribution in [3.05, 3.63) is 101 Å². The van der Waals surface area contributed by atoms with Gasteiger partial charge in [-0.2, -0.15) is 4.68 Å². The number of nitrogens with one attached hydrogen (secondary N) is 3. The van der Waals surface area contributed by atoms with E-state index < -0.39 is 11.9 Å². The average Bonchev–Trinajstić information content (AvgIpc) is 3.70. The first-order chi connectivity index (χ1) is 29.8. The Balaban J connectivity index is 0.703. The number of carbonyl (C=O) groups is 3. The van der Waals surface area contributed by atoms with Gasteiger partial charge in [-0.25, -0.2) is 15.0 Å². The lowest BCUT2D eigenvalue weighted by Gasteiger charge is -2.43. The summed E-state index contributed by atoms with van der Waals surface area (Å²) in [5.74, 6) is -0.160. The summed E-state index contributed by atoms with van der Waals surface area (Å²) in [6.45, 7) is 5.62. The van der Waals surface area contributed by atoms with Crippen LogP contribution in [0.5, 0.6) is 0 Å². The number of piperidine rings is 2. The second-order valence-corrected chi connectivity index (χ2v) is 16.5. The van der Waals surface area contributed by atoms with Crippen molar-refractivity contribution in [2.75, 3.05) is 54.4 Å². The van der Waals surface area contributed by atoms with Crippen LogP contribution in [-0.4, -0.2) is 108 Å². The van der Waals surface area contributed by atoms with Gasteiger partial charge in [-0.05, 0) is 80.1 Å². The molecule has 6 aromatic rings. The molecule has 10 rings (SSSR count). The number of hydrogen-bond acceptors (Lipinski definition) is 13. The topological polar surface area (TPSA) is 188 Å². The van der Waals surface area contributed by atoms with Crippen molar-refractivity contribution in [1.29, 1.82) is 0 Å². The Labute approximate surface area is 351 Å². The molecule has 1 saturated carbocycles. The number of piperazine rings is 1. The molecule has 0 bridgehead atoms. The third-order valence-electron chi connectivity index (χ3n) is 12.8. The lowest BCUT2D eigenvalue weighted by molar-refractivity contribution is -0.136. The summed E-state index contributed by atoms with van der Waals surface area (Å²) >= 11 is 0. The standard InChI is InChI=1S/C44H47N13O4/c58-38-13-12-37(43(60)50-38)57-44(61)35-25-33(10-11-36(35)51-52-57)53-16-14-32(15-17-53)55-20-18-54(19-21-55)31-8-6-29(7-9-31)49-41-40-42(46-26-45-41)56(27-47-40)34-23-30(24-34)48-39(59)22-28-4-2-1-3-5-28/h1-11,25-27,30,32,34,37H,12-24H2,(H,48,59)(H,45,46,49)(H,50,58,60)/t30?,34?,37-/m0/s1. The van der Waals surface area contributed by atoms with E-state index in [0.717, 1.165) is 92.2 Å². The van der Waals surface area contributed by atoms with E-state index in [4.69, 9.17) is 0 Å². The number of hydrogen-bond donors (Lipinski definition) is 3. The minimum Gasteiger partial charge on any atom is -0.371 e. The Morgan fingerprint density at radius 2 is 1.54 bits per heavy atom. The van der Waals surface area contributed by atoms with Gasteiger partial charge in [0.15, 0.2) is 17.0 Å². The van der Waals surface area contributed by atoms with Crippen molar-refractivity contribution in [2.24, 2.45) is 0 Å².